The van der Waals surface area contributed by atoms with Gasteiger partial charge in [0, 0.05) is 17.5 Å². The molecular formula is C28H26Cl2FN3O2. The number of nitrogens with zero attached hydrogens (tertiary/aromatic N) is 2. The van der Waals surface area contributed by atoms with E-state index in [4.69, 9.17) is 27.9 Å². The van der Waals surface area contributed by atoms with E-state index >= 15 is 0 Å². The lowest BCUT2D eigenvalue weighted by Gasteiger charge is -2.28. The zero-order valence-corrected chi connectivity index (χ0v) is 22.0. The molecule has 3 heterocycles. The van der Waals surface area contributed by atoms with Crippen LogP contribution in [0, 0.1) is 12.7 Å². The second-order valence-corrected chi connectivity index (χ2v) is 10.9. The lowest BCUT2D eigenvalue weighted by molar-refractivity contribution is 0.0922. The van der Waals surface area contributed by atoms with Gasteiger partial charge in [-0.1, -0.05) is 62.2 Å². The van der Waals surface area contributed by atoms with Crippen LogP contribution in [0.5, 0.6) is 5.75 Å². The number of rotatable bonds is 3. The van der Waals surface area contributed by atoms with Gasteiger partial charge >= 0.3 is 0 Å². The molecule has 1 aliphatic rings. The van der Waals surface area contributed by atoms with Crippen LogP contribution in [0.3, 0.4) is 0 Å². The minimum absolute atomic E-state index is 0.129. The van der Waals surface area contributed by atoms with Crippen molar-refractivity contribution in [3.05, 3.63) is 86.8 Å². The SMILES string of the molecule is Cc1cc2c(C(C)(C)C)c(C(=O)N[C@H]3CCOc4ccccc43)cnn2c1-c1cc(F)cc(Cl)c1Cl. The largest absolute Gasteiger partial charge is 0.493 e. The number of halogens is 3. The van der Waals surface area contributed by atoms with Crippen molar-refractivity contribution in [1.29, 1.82) is 0 Å². The molecule has 1 amide bonds. The van der Waals surface area contributed by atoms with E-state index in [9.17, 15) is 9.18 Å². The van der Waals surface area contributed by atoms with Gasteiger partial charge in [0.05, 0.1) is 45.7 Å². The van der Waals surface area contributed by atoms with Gasteiger partial charge < -0.3 is 10.1 Å². The molecule has 0 aliphatic carbocycles. The van der Waals surface area contributed by atoms with Crippen molar-refractivity contribution in [1.82, 2.24) is 14.9 Å². The quantitative estimate of drug-likeness (QED) is 0.285. The highest BCUT2D eigenvalue weighted by molar-refractivity contribution is 6.43. The van der Waals surface area contributed by atoms with E-state index in [2.05, 4.69) is 31.2 Å². The first-order chi connectivity index (χ1) is 17.1. The molecular weight excluding hydrogens is 500 g/mol. The fourth-order valence-corrected chi connectivity index (χ4v) is 5.39. The molecule has 186 valence electrons. The van der Waals surface area contributed by atoms with Gasteiger partial charge in [0.1, 0.15) is 11.6 Å². The van der Waals surface area contributed by atoms with E-state index in [1.54, 1.807) is 10.7 Å². The lowest BCUT2D eigenvalue weighted by Crippen LogP contribution is -2.34. The van der Waals surface area contributed by atoms with E-state index < -0.39 is 11.2 Å². The standard InChI is InChI=1S/C28H26Cl2FN3O2/c1-15-11-22-24(28(2,3)4)19(27(35)33-21-9-10-36-23-8-6-5-7-17(21)23)14-32-34(22)26(15)18-12-16(31)13-20(29)25(18)30/h5-8,11-14,21H,9-10H2,1-4H3,(H,33,35)/t21-/m0/s1. The molecule has 2 aromatic carbocycles. The Morgan fingerprint density at radius 3 is 2.69 bits per heavy atom. The summed E-state index contributed by atoms with van der Waals surface area (Å²) in [7, 11) is 0. The zero-order valence-electron chi connectivity index (χ0n) is 20.5. The number of carbonyl (C=O) groups excluding carboxylic acids is 1. The Bertz CT molecular complexity index is 1510. The van der Waals surface area contributed by atoms with Crippen molar-refractivity contribution in [2.24, 2.45) is 0 Å². The van der Waals surface area contributed by atoms with Gasteiger partial charge in [-0.2, -0.15) is 5.10 Å². The van der Waals surface area contributed by atoms with Gasteiger partial charge in [-0.05, 0) is 47.7 Å². The van der Waals surface area contributed by atoms with Crippen LogP contribution < -0.4 is 10.1 Å². The number of hydrogen-bond donors (Lipinski definition) is 1. The van der Waals surface area contributed by atoms with Crippen molar-refractivity contribution in [2.75, 3.05) is 6.61 Å². The lowest BCUT2D eigenvalue weighted by atomic mass is 9.83. The molecule has 0 saturated carbocycles. The Kier molecular flexibility index (Phi) is 6.21. The second kappa shape index (κ2) is 9.09. The Labute approximate surface area is 219 Å². The summed E-state index contributed by atoms with van der Waals surface area (Å²) in [5.74, 6) is 0.0950. The van der Waals surface area contributed by atoms with Crippen LogP contribution in [0.4, 0.5) is 4.39 Å². The summed E-state index contributed by atoms with van der Waals surface area (Å²) >= 11 is 12.7. The van der Waals surface area contributed by atoms with E-state index in [0.29, 0.717) is 29.8 Å². The number of nitrogens with one attached hydrogen (secondary N) is 1. The smallest absolute Gasteiger partial charge is 0.253 e. The third-order valence-corrected chi connectivity index (χ3v) is 7.30. The summed E-state index contributed by atoms with van der Waals surface area (Å²) in [6.45, 7) is 8.60. The third-order valence-electron chi connectivity index (χ3n) is 6.50. The van der Waals surface area contributed by atoms with Crippen LogP contribution >= 0.6 is 23.2 Å². The maximum atomic E-state index is 14.3. The fraction of sp³-hybridized carbons (Fsp3) is 0.286. The maximum absolute atomic E-state index is 14.3. The maximum Gasteiger partial charge on any atom is 0.253 e. The molecule has 0 fully saturated rings. The van der Waals surface area contributed by atoms with Crippen LogP contribution in [0.15, 0.2) is 48.7 Å². The molecule has 36 heavy (non-hydrogen) atoms. The van der Waals surface area contributed by atoms with Gasteiger partial charge in [0.15, 0.2) is 0 Å². The van der Waals surface area contributed by atoms with Crippen LogP contribution in [-0.4, -0.2) is 22.1 Å². The number of fused-ring (bicyclic) bond motifs is 2. The van der Waals surface area contributed by atoms with Gasteiger partial charge in [-0.25, -0.2) is 8.91 Å². The topological polar surface area (TPSA) is 55.6 Å². The van der Waals surface area contributed by atoms with Gasteiger partial charge in [0.2, 0.25) is 0 Å². The molecule has 1 aliphatic heterocycles. The van der Waals surface area contributed by atoms with Crippen LogP contribution in [0.25, 0.3) is 16.8 Å². The summed E-state index contributed by atoms with van der Waals surface area (Å²) in [4.78, 5) is 13.6. The first-order valence-corrected chi connectivity index (χ1v) is 12.5. The Hall–Kier alpha value is -3.09. The first-order valence-electron chi connectivity index (χ1n) is 11.8. The van der Waals surface area contributed by atoms with Crippen LogP contribution in [0.1, 0.15) is 60.3 Å². The first kappa shape index (κ1) is 24.6. The number of benzene rings is 2. The van der Waals surface area contributed by atoms with E-state index in [1.807, 2.05) is 37.3 Å². The van der Waals surface area contributed by atoms with Crippen LogP contribution in [0.2, 0.25) is 10.0 Å². The molecule has 0 radical (unpaired) electrons. The van der Waals surface area contributed by atoms with Crippen LogP contribution in [-0.2, 0) is 5.41 Å². The number of aromatic nitrogens is 2. The molecule has 5 rings (SSSR count). The molecule has 0 bridgehead atoms. The van der Waals surface area contributed by atoms with Gasteiger partial charge in [-0.15, -0.1) is 0 Å². The molecule has 0 unspecified atom stereocenters. The number of carbonyl (C=O) groups is 1. The molecule has 0 saturated heterocycles. The molecule has 5 nitrogen and oxygen atoms in total. The zero-order chi connectivity index (χ0) is 25.8. The molecule has 8 heteroatoms. The predicted octanol–water partition coefficient (Wildman–Crippen LogP) is 7.31. The molecule has 0 spiro atoms. The number of para-hydroxylation sites is 1. The Morgan fingerprint density at radius 2 is 1.94 bits per heavy atom. The minimum atomic E-state index is -0.488. The average Bonchev–Trinajstić information content (AvgIpc) is 3.15. The normalized spacial score (nSPS) is 15.5. The second-order valence-electron chi connectivity index (χ2n) is 10.1. The van der Waals surface area contributed by atoms with Gasteiger partial charge in [-0.3, -0.25) is 4.79 Å². The molecule has 4 aromatic rings. The van der Waals surface area contributed by atoms with Crippen molar-refractivity contribution in [3.8, 4) is 17.0 Å². The third kappa shape index (κ3) is 4.22. The highest BCUT2D eigenvalue weighted by Gasteiger charge is 2.30. The summed E-state index contributed by atoms with van der Waals surface area (Å²) in [6, 6.07) is 12.1. The highest BCUT2D eigenvalue weighted by atomic mass is 35.5. The van der Waals surface area contributed by atoms with E-state index in [0.717, 1.165) is 28.0 Å². The minimum Gasteiger partial charge on any atom is -0.493 e. The molecule has 1 atom stereocenters. The molecule has 2 aromatic heterocycles. The van der Waals surface area contributed by atoms with Crippen molar-refractivity contribution in [2.45, 2.75) is 45.6 Å². The Balaban J connectivity index is 1.64. The van der Waals surface area contributed by atoms with Crippen molar-refractivity contribution in [3.63, 3.8) is 0 Å². The van der Waals surface area contributed by atoms with Gasteiger partial charge in [0.25, 0.3) is 5.91 Å². The highest BCUT2D eigenvalue weighted by Crippen LogP contribution is 2.40. The Morgan fingerprint density at radius 1 is 1.19 bits per heavy atom. The van der Waals surface area contributed by atoms with E-state index in [1.165, 1.54) is 12.1 Å². The summed E-state index contributed by atoms with van der Waals surface area (Å²) in [5, 5.41) is 8.19. The number of hydrogen-bond acceptors (Lipinski definition) is 3. The van der Waals surface area contributed by atoms with Crippen molar-refractivity contribution < 1.29 is 13.9 Å². The van der Waals surface area contributed by atoms with E-state index in [-0.39, 0.29) is 22.0 Å². The number of ether oxygens (including phenoxy) is 1. The number of amides is 1. The summed E-state index contributed by atoms with van der Waals surface area (Å²) in [6.07, 6.45) is 2.25. The average molecular weight is 526 g/mol. The van der Waals surface area contributed by atoms with Crippen molar-refractivity contribution >= 4 is 34.6 Å². The monoisotopic (exact) mass is 525 g/mol. The fourth-order valence-electron chi connectivity index (χ4n) is 4.98. The predicted molar refractivity (Wildman–Crippen MR) is 141 cm³/mol. The summed E-state index contributed by atoms with van der Waals surface area (Å²) < 4.78 is 21.7. The summed E-state index contributed by atoms with van der Waals surface area (Å²) in [5.41, 5.74) is 4.57. The molecule has 1 N–H and O–H groups in total. The number of aryl methyl sites for hydroxylation is 1.